The number of rotatable bonds is 23. The van der Waals surface area contributed by atoms with Gasteiger partial charge in [-0.15, -0.1) is 0 Å². The number of imide groups is 6. The van der Waals surface area contributed by atoms with Gasteiger partial charge in [-0.1, -0.05) is 11.2 Å². The number of hydrogen-bond acceptors (Lipinski definition) is 14. The summed E-state index contributed by atoms with van der Waals surface area (Å²) in [6, 6.07) is 4.04. The number of hydrogen-bond donors (Lipinski definition) is 2. The summed E-state index contributed by atoms with van der Waals surface area (Å²) >= 11 is 0. The first-order chi connectivity index (χ1) is 27.0. The van der Waals surface area contributed by atoms with Gasteiger partial charge < -0.3 is 34.3 Å². The quantitative estimate of drug-likeness (QED) is 0.0521. The molecule has 1 aromatic carbocycles. The van der Waals surface area contributed by atoms with Crippen LogP contribution in [0, 0.1) is 5.82 Å². The molecule has 3 aliphatic rings. The molecule has 3 saturated heterocycles. The number of ether oxygens (including phenoxy) is 5. The van der Waals surface area contributed by atoms with Gasteiger partial charge in [0.25, 0.3) is 11.8 Å². The first kappa shape index (κ1) is 43.4. The second kappa shape index (κ2) is 22.3. The van der Waals surface area contributed by atoms with Crippen molar-refractivity contribution in [2.45, 2.75) is 82.7 Å². The minimum Gasteiger partial charge on any atom is -0.488 e. The number of carbonyl (C=O) groups is 8. The fourth-order valence-electron chi connectivity index (χ4n) is 5.75. The van der Waals surface area contributed by atoms with Gasteiger partial charge in [-0.2, -0.15) is 0 Å². The second-order valence-electron chi connectivity index (χ2n) is 12.9. The zero-order valence-corrected chi connectivity index (χ0v) is 30.6. The molecule has 3 heterocycles. The largest absolute Gasteiger partial charge is 0.488 e. The molecule has 2 N–H and O–H groups in total. The lowest BCUT2D eigenvalue weighted by Crippen LogP contribution is -2.41. The Morgan fingerprint density at radius 2 is 1.57 bits per heavy atom. The number of likely N-dealkylation sites (tertiary alicyclic amines) is 2. The van der Waals surface area contributed by atoms with Gasteiger partial charge in [0, 0.05) is 55.7 Å². The molecule has 1 aromatic rings. The molecule has 3 unspecified atom stereocenters. The monoisotopic (exact) mass is 789 g/mol. The van der Waals surface area contributed by atoms with Crippen LogP contribution in [0.1, 0.15) is 76.1 Å². The molecule has 304 valence electrons. The molecule has 0 bridgehead atoms. The molecule has 3 atom stereocenters. The molecular formula is C35H44FN7O13. The third-order valence-electron chi connectivity index (χ3n) is 8.67. The molecule has 4 rings (SSSR count). The average molecular weight is 790 g/mol. The Kier molecular flexibility index (Phi) is 17.3. The van der Waals surface area contributed by atoms with Gasteiger partial charge in [-0.25, -0.2) is 14.2 Å². The van der Waals surface area contributed by atoms with Crippen LogP contribution in [0.3, 0.4) is 0 Å². The molecule has 0 aliphatic carbocycles. The van der Waals surface area contributed by atoms with E-state index in [4.69, 9.17) is 29.2 Å². The number of unbranched alkanes of at least 4 members (excludes halogenated alkanes) is 2. The number of nitrogens with zero attached hydrogens (tertiary/aromatic N) is 5. The average Bonchev–Trinajstić information content (AvgIpc) is 3.88. The van der Waals surface area contributed by atoms with Crippen LogP contribution in [0.2, 0.25) is 0 Å². The van der Waals surface area contributed by atoms with E-state index in [1.807, 2.05) is 0 Å². The fraction of sp³-hybridized carbons (Fsp3) is 0.600. The van der Waals surface area contributed by atoms with E-state index >= 15 is 4.39 Å². The van der Waals surface area contributed by atoms with Crippen molar-refractivity contribution in [3.8, 4) is 5.75 Å². The van der Waals surface area contributed by atoms with Gasteiger partial charge in [0.1, 0.15) is 25.9 Å². The third-order valence-corrected chi connectivity index (χ3v) is 8.67. The summed E-state index contributed by atoms with van der Waals surface area (Å²) in [4.78, 5) is 99.9. The van der Waals surface area contributed by atoms with E-state index in [1.165, 1.54) is 18.2 Å². The van der Waals surface area contributed by atoms with Gasteiger partial charge in [-0.05, 0) is 49.8 Å². The van der Waals surface area contributed by atoms with E-state index in [9.17, 15) is 38.4 Å². The molecule has 56 heavy (non-hydrogen) atoms. The van der Waals surface area contributed by atoms with Crippen molar-refractivity contribution < 1.29 is 66.4 Å². The number of amides is 8. The Morgan fingerprint density at radius 1 is 0.893 bits per heavy atom. The van der Waals surface area contributed by atoms with Crippen LogP contribution >= 0.6 is 0 Å². The Bertz CT molecular complexity index is 1660. The highest BCUT2D eigenvalue weighted by Gasteiger charge is 2.36. The Balaban J connectivity index is 1.18. The zero-order chi connectivity index (χ0) is 40.5. The summed E-state index contributed by atoms with van der Waals surface area (Å²) in [5.41, 5.74) is 8.63. The zero-order valence-electron chi connectivity index (χ0n) is 30.6. The summed E-state index contributed by atoms with van der Waals surface area (Å²) in [6.45, 7) is -1.38. The maximum Gasteiger partial charge on any atom is 0.262 e. The lowest BCUT2D eigenvalue weighted by molar-refractivity contribution is -0.157. The summed E-state index contributed by atoms with van der Waals surface area (Å²) in [7, 11) is 0. The highest BCUT2D eigenvalue weighted by molar-refractivity contribution is 6.16. The number of nitrogens with one attached hydrogen (secondary N) is 2. The highest BCUT2D eigenvalue weighted by Crippen LogP contribution is 2.31. The van der Waals surface area contributed by atoms with Crippen LogP contribution in [-0.2, 0) is 57.3 Å². The topological polar surface area (TPSA) is 262 Å². The predicted molar refractivity (Wildman–Crippen MR) is 186 cm³/mol. The lowest BCUT2D eigenvalue weighted by Gasteiger charge is -2.21. The van der Waals surface area contributed by atoms with E-state index in [1.54, 1.807) is 0 Å². The normalized spacial score (nSPS) is 18.6. The van der Waals surface area contributed by atoms with Crippen molar-refractivity contribution in [1.82, 2.24) is 20.4 Å². The summed E-state index contributed by atoms with van der Waals surface area (Å²) in [5.74, 6) is -6.01. The molecule has 20 nitrogen and oxygen atoms in total. The Labute approximate surface area is 320 Å². The van der Waals surface area contributed by atoms with Crippen LogP contribution in [0.5, 0.6) is 5.75 Å². The van der Waals surface area contributed by atoms with E-state index < -0.39 is 80.1 Å². The number of carbonyl (C=O) groups excluding carboxylic acids is 8. The fourth-order valence-corrected chi connectivity index (χ4v) is 5.75. The van der Waals surface area contributed by atoms with Gasteiger partial charge in [0.05, 0.1) is 25.9 Å². The van der Waals surface area contributed by atoms with E-state index in [2.05, 4.69) is 20.7 Å². The number of benzene rings is 1. The van der Waals surface area contributed by atoms with Crippen LogP contribution in [0.4, 0.5) is 4.39 Å². The molecule has 0 aromatic heterocycles. The highest BCUT2D eigenvalue weighted by atomic mass is 19.1. The van der Waals surface area contributed by atoms with Gasteiger partial charge in [0.2, 0.25) is 35.4 Å². The van der Waals surface area contributed by atoms with Crippen molar-refractivity contribution in [2.24, 2.45) is 5.11 Å². The van der Waals surface area contributed by atoms with Crippen LogP contribution < -0.4 is 15.4 Å². The molecule has 0 saturated carbocycles. The van der Waals surface area contributed by atoms with Crippen molar-refractivity contribution in [3.05, 3.63) is 40.0 Å². The molecule has 3 fully saturated rings. The number of halogens is 1. The third kappa shape index (κ3) is 13.4. The first-order valence-corrected chi connectivity index (χ1v) is 18.2. The molecular weight excluding hydrogens is 745 g/mol. The second-order valence-corrected chi connectivity index (χ2v) is 12.9. The van der Waals surface area contributed by atoms with Gasteiger partial charge in [-0.3, -0.25) is 38.4 Å². The molecule has 0 spiro atoms. The maximum absolute atomic E-state index is 15.2. The maximum atomic E-state index is 15.2. The molecule has 8 amide bonds. The molecule has 21 heteroatoms. The SMILES string of the molecule is [N-]=[N+]=NCCCCC(=O)NCC(=O)NCCCCC1COC(c2ccc(OCC(COCC(=O)N3C(=O)CCC3=O)OCC(=O)N3C(=O)CCC3=O)c(F)c2)O1. The van der Waals surface area contributed by atoms with Gasteiger partial charge >= 0.3 is 0 Å². The minimum absolute atomic E-state index is 0.0938. The van der Waals surface area contributed by atoms with Gasteiger partial charge in [0.15, 0.2) is 17.9 Å². The van der Waals surface area contributed by atoms with Crippen molar-refractivity contribution in [1.29, 1.82) is 0 Å². The van der Waals surface area contributed by atoms with Crippen LogP contribution in [0.15, 0.2) is 23.3 Å². The van der Waals surface area contributed by atoms with Crippen molar-refractivity contribution in [3.63, 3.8) is 0 Å². The Hall–Kier alpha value is -5.34. The minimum atomic E-state index is -1.13. The predicted octanol–water partition coefficient (Wildman–Crippen LogP) is 1.25. The number of azide groups is 1. The standard InChI is InChI=1S/C35H44FN7O13/c36-25-15-22(35-55-18-23(56-35)5-1-3-13-38-28(45)16-39-27(44)6-2-4-14-40-41-37)7-8-26(25)54-19-24(53-21-34(51)43-31(48)11-12-32(43)49)17-52-20-33(50)42-29(46)9-10-30(42)47/h7-8,15,23-24,35H,1-6,9-14,16-21H2,(H,38,45)(H,39,44). The smallest absolute Gasteiger partial charge is 0.262 e. The molecule has 3 aliphatic heterocycles. The van der Waals surface area contributed by atoms with Crippen LogP contribution in [0.25, 0.3) is 10.4 Å². The van der Waals surface area contributed by atoms with Crippen LogP contribution in [-0.4, -0.2) is 122 Å². The van der Waals surface area contributed by atoms with E-state index in [-0.39, 0.29) is 68.9 Å². The lowest BCUT2D eigenvalue weighted by atomic mass is 10.1. The molecule has 0 radical (unpaired) electrons. The van der Waals surface area contributed by atoms with E-state index in [0.717, 1.165) is 0 Å². The van der Waals surface area contributed by atoms with Crippen molar-refractivity contribution >= 4 is 47.3 Å². The summed E-state index contributed by atoms with van der Waals surface area (Å²) in [5, 5.41) is 8.68. The van der Waals surface area contributed by atoms with E-state index in [0.29, 0.717) is 60.6 Å². The van der Waals surface area contributed by atoms with Crippen molar-refractivity contribution in [2.75, 3.05) is 52.7 Å². The summed E-state index contributed by atoms with van der Waals surface area (Å²) in [6.07, 6.45) is 0.684. The first-order valence-electron chi connectivity index (χ1n) is 18.2. The summed E-state index contributed by atoms with van der Waals surface area (Å²) < 4.78 is 43.3. The Morgan fingerprint density at radius 3 is 2.23 bits per heavy atom.